The number of pyridine rings is 1. The molecule has 0 aliphatic heterocycles. The lowest BCUT2D eigenvalue weighted by atomic mass is 10.2. The van der Waals surface area contributed by atoms with Gasteiger partial charge in [-0.15, -0.1) is 0 Å². The van der Waals surface area contributed by atoms with Crippen LogP contribution in [0.4, 0.5) is 11.5 Å². The Balaban J connectivity index is 2.61. The van der Waals surface area contributed by atoms with E-state index in [0.29, 0.717) is 17.2 Å². The van der Waals surface area contributed by atoms with Crippen LogP contribution in [-0.4, -0.2) is 34.0 Å². The zero-order valence-corrected chi connectivity index (χ0v) is 10.3. The standard InChI is InChI=1S/C11H11N5O3/c1-12-9-6-7(16(17)18)5-8(15-9)10-11(19-2)14-4-3-13-10/h3-6H,1-2H3,(H,12,15). The first kappa shape index (κ1) is 12.7. The Hall–Kier alpha value is -2.77. The van der Waals surface area contributed by atoms with Crippen LogP contribution < -0.4 is 10.1 Å². The molecule has 0 fully saturated rings. The number of methoxy groups -OCH3 is 1. The van der Waals surface area contributed by atoms with Crippen molar-refractivity contribution in [2.75, 3.05) is 19.5 Å². The van der Waals surface area contributed by atoms with Crippen molar-refractivity contribution in [1.29, 1.82) is 0 Å². The van der Waals surface area contributed by atoms with E-state index in [0.717, 1.165) is 0 Å². The molecule has 0 amide bonds. The molecule has 0 unspecified atom stereocenters. The Morgan fingerprint density at radius 3 is 2.68 bits per heavy atom. The highest BCUT2D eigenvalue weighted by Crippen LogP contribution is 2.28. The van der Waals surface area contributed by atoms with Crippen LogP contribution in [0.3, 0.4) is 0 Å². The number of ether oxygens (including phenoxy) is 1. The van der Waals surface area contributed by atoms with E-state index in [2.05, 4.69) is 20.3 Å². The molecule has 0 spiro atoms. The van der Waals surface area contributed by atoms with E-state index < -0.39 is 4.92 Å². The van der Waals surface area contributed by atoms with Gasteiger partial charge in [0.15, 0.2) is 5.69 Å². The van der Waals surface area contributed by atoms with E-state index in [4.69, 9.17) is 4.74 Å². The fraction of sp³-hybridized carbons (Fsp3) is 0.182. The van der Waals surface area contributed by atoms with Gasteiger partial charge in [0.05, 0.1) is 18.1 Å². The predicted molar refractivity (Wildman–Crippen MR) is 68.0 cm³/mol. The van der Waals surface area contributed by atoms with Crippen molar-refractivity contribution in [2.45, 2.75) is 0 Å². The highest BCUT2D eigenvalue weighted by molar-refractivity contribution is 5.65. The maximum Gasteiger partial charge on any atom is 0.275 e. The number of aromatic nitrogens is 3. The third-order valence-corrected chi connectivity index (χ3v) is 2.38. The predicted octanol–water partition coefficient (Wildman–Crippen LogP) is 1.50. The average molecular weight is 261 g/mol. The molecule has 2 aromatic rings. The van der Waals surface area contributed by atoms with Gasteiger partial charge in [0.2, 0.25) is 5.88 Å². The van der Waals surface area contributed by atoms with Crippen LogP contribution in [0.15, 0.2) is 24.5 Å². The third kappa shape index (κ3) is 2.57. The van der Waals surface area contributed by atoms with Gasteiger partial charge < -0.3 is 10.1 Å². The van der Waals surface area contributed by atoms with Crippen molar-refractivity contribution in [3.8, 4) is 17.3 Å². The van der Waals surface area contributed by atoms with E-state index in [1.807, 2.05) is 0 Å². The van der Waals surface area contributed by atoms with Gasteiger partial charge in [-0.3, -0.25) is 10.1 Å². The second kappa shape index (κ2) is 5.25. The molecule has 0 aliphatic rings. The van der Waals surface area contributed by atoms with Crippen molar-refractivity contribution in [2.24, 2.45) is 0 Å². The first-order valence-electron chi connectivity index (χ1n) is 5.35. The molecule has 0 radical (unpaired) electrons. The summed E-state index contributed by atoms with van der Waals surface area (Å²) in [6.45, 7) is 0. The summed E-state index contributed by atoms with van der Waals surface area (Å²) in [5.41, 5.74) is 0.593. The summed E-state index contributed by atoms with van der Waals surface area (Å²) in [5.74, 6) is 0.634. The first-order chi connectivity index (χ1) is 9.15. The Morgan fingerprint density at radius 2 is 2.05 bits per heavy atom. The molecule has 2 heterocycles. The van der Waals surface area contributed by atoms with Gasteiger partial charge in [-0.2, -0.15) is 0 Å². The molecule has 0 bridgehead atoms. The molecular weight excluding hydrogens is 250 g/mol. The zero-order chi connectivity index (χ0) is 13.8. The molecule has 0 saturated carbocycles. The number of hydrogen-bond acceptors (Lipinski definition) is 7. The minimum Gasteiger partial charge on any atom is -0.479 e. The van der Waals surface area contributed by atoms with Crippen LogP contribution >= 0.6 is 0 Å². The third-order valence-electron chi connectivity index (χ3n) is 2.38. The van der Waals surface area contributed by atoms with Gasteiger partial charge in [0.25, 0.3) is 5.69 Å². The summed E-state index contributed by atoms with van der Waals surface area (Å²) in [6, 6.07) is 2.67. The Morgan fingerprint density at radius 1 is 1.32 bits per heavy atom. The molecule has 98 valence electrons. The maximum absolute atomic E-state index is 10.9. The largest absolute Gasteiger partial charge is 0.479 e. The molecule has 0 saturated heterocycles. The van der Waals surface area contributed by atoms with Crippen LogP contribution in [0.2, 0.25) is 0 Å². The first-order valence-corrected chi connectivity index (χ1v) is 5.35. The molecule has 0 aliphatic carbocycles. The van der Waals surface area contributed by atoms with Gasteiger partial charge in [0, 0.05) is 25.5 Å². The van der Waals surface area contributed by atoms with Crippen molar-refractivity contribution in [3.05, 3.63) is 34.6 Å². The fourth-order valence-corrected chi connectivity index (χ4v) is 1.52. The highest BCUT2D eigenvalue weighted by atomic mass is 16.6. The summed E-state index contributed by atoms with van der Waals surface area (Å²) in [5, 5.41) is 13.7. The molecule has 1 N–H and O–H groups in total. The van der Waals surface area contributed by atoms with Crippen molar-refractivity contribution in [3.63, 3.8) is 0 Å². The number of nitrogens with one attached hydrogen (secondary N) is 1. The quantitative estimate of drug-likeness (QED) is 0.656. The Labute approximate surface area is 108 Å². The monoisotopic (exact) mass is 261 g/mol. The number of hydrogen-bond donors (Lipinski definition) is 1. The lowest BCUT2D eigenvalue weighted by Crippen LogP contribution is -2.00. The van der Waals surface area contributed by atoms with Crippen LogP contribution in [0.1, 0.15) is 0 Å². The molecule has 2 rings (SSSR count). The average Bonchev–Trinajstić information content (AvgIpc) is 2.46. The maximum atomic E-state index is 10.9. The summed E-state index contributed by atoms with van der Waals surface area (Å²) >= 11 is 0. The Kier molecular flexibility index (Phi) is 3.51. The van der Waals surface area contributed by atoms with Gasteiger partial charge in [-0.25, -0.2) is 15.0 Å². The summed E-state index contributed by atoms with van der Waals surface area (Å²) < 4.78 is 5.07. The smallest absolute Gasteiger partial charge is 0.275 e. The molecule has 2 aromatic heterocycles. The fourth-order valence-electron chi connectivity index (χ4n) is 1.52. The minimum atomic E-state index is -0.491. The lowest BCUT2D eigenvalue weighted by Gasteiger charge is -2.07. The topological polar surface area (TPSA) is 103 Å². The van der Waals surface area contributed by atoms with Gasteiger partial charge in [-0.05, 0) is 0 Å². The van der Waals surface area contributed by atoms with Gasteiger partial charge in [-0.1, -0.05) is 0 Å². The molecule has 19 heavy (non-hydrogen) atoms. The summed E-state index contributed by atoms with van der Waals surface area (Å²) in [6.07, 6.45) is 2.94. The zero-order valence-electron chi connectivity index (χ0n) is 10.3. The van der Waals surface area contributed by atoms with E-state index in [9.17, 15) is 10.1 Å². The molecule has 8 nitrogen and oxygen atoms in total. The summed E-state index contributed by atoms with van der Waals surface area (Å²) in [4.78, 5) is 22.7. The summed E-state index contributed by atoms with van der Waals surface area (Å²) in [7, 11) is 3.08. The number of rotatable bonds is 4. The SMILES string of the molecule is CNc1cc([N+](=O)[O-])cc(-c2nccnc2OC)n1. The Bertz CT molecular complexity index is 617. The van der Waals surface area contributed by atoms with Crippen molar-refractivity contribution < 1.29 is 9.66 Å². The van der Waals surface area contributed by atoms with Crippen molar-refractivity contribution in [1.82, 2.24) is 15.0 Å². The van der Waals surface area contributed by atoms with Gasteiger partial charge >= 0.3 is 0 Å². The normalized spacial score (nSPS) is 10.0. The van der Waals surface area contributed by atoms with E-state index in [1.165, 1.54) is 31.6 Å². The van der Waals surface area contributed by atoms with Gasteiger partial charge in [0.1, 0.15) is 11.5 Å². The van der Waals surface area contributed by atoms with Crippen molar-refractivity contribution >= 4 is 11.5 Å². The van der Waals surface area contributed by atoms with Crippen LogP contribution in [0.5, 0.6) is 5.88 Å². The molecule has 0 aromatic carbocycles. The molecule has 0 atom stereocenters. The number of nitrogens with zero attached hydrogens (tertiary/aromatic N) is 4. The van der Waals surface area contributed by atoms with Crippen LogP contribution in [0, 0.1) is 10.1 Å². The highest BCUT2D eigenvalue weighted by Gasteiger charge is 2.16. The second-order valence-electron chi connectivity index (χ2n) is 3.52. The van der Waals surface area contributed by atoms with E-state index in [-0.39, 0.29) is 11.6 Å². The molecule has 8 heteroatoms. The van der Waals surface area contributed by atoms with Crippen LogP contribution in [-0.2, 0) is 0 Å². The second-order valence-corrected chi connectivity index (χ2v) is 3.52. The van der Waals surface area contributed by atoms with Crippen LogP contribution in [0.25, 0.3) is 11.4 Å². The molecular formula is C11H11N5O3. The number of anilines is 1. The lowest BCUT2D eigenvalue weighted by molar-refractivity contribution is -0.384. The number of nitro groups is 1. The van der Waals surface area contributed by atoms with E-state index >= 15 is 0 Å². The van der Waals surface area contributed by atoms with E-state index in [1.54, 1.807) is 7.05 Å². The minimum absolute atomic E-state index is 0.0814.